The molecule has 0 bridgehead atoms. The number of ether oxygens (including phenoxy) is 1. The zero-order chi connectivity index (χ0) is 11.7. The molecule has 1 aromatic carbocycles. The van der Waals surface area contributed by atoms with Crippen molar-refractivity contribution in [2.75, 3.05) is 12.8 Å². The highest BCUT2D eigenvalue weighted by molar-refractivity contribution is 5.70. The van der Waals surface area contributed by atoms with Gasteiger partial charge in [-0.05, 0) is 17.3 Å². The van der Waals surface area contributed by atoms with E-state index in [2.05, 4.69) is 15.4 Å². The van der Waals surface area contributed by atoms with Gasteiger partial charge in [0.1, 0.15) is 0 Å². The summed E-state index contributed by atoms with van der Waals surface area (Å²) in [6.07, 6.45) is 0. The van der Waals surface area contributed by atoms with E-state index in [1.165, 1.54) is 11.9 Å². The SMILES string of the molecule is COc1cc(-c2nnn(C)n2)cc(N)c1O. The van der Waals surface area contributed by atoms with Gasteiger partial charge in [-0.2, -0.15) is 4.80 Å². The molecule has 0 aliphatic heterocycles. The molecule has 7 nitrogen and oxygen atoms in total. The number of rotatable bonds is 2. The van der Waals surface area contributed by atoms with Crippen LogP contribution in [0.4, 0.5) is 5.69 Å². The first-order chi connectivity index (χ1) is 7.61. The largest absolute Gasteiger partial charge is 0.503 e. The Morgan fingerprint density at radius 2 is 2.19 bits per heavy atom. The fourth-order valence-corrected chi connectivity index (χ4v) is 1.31. The van der Waals surface area contributed by atoms with Crippen molar-refractivity contribution in [1.82, 2.24) is 20.2 Å². The quantitative estimate of drug-likeness (QED) is 0.554. The molecular weight excluding hydrogens is 210 g/mol. The van der Waals surface area contributed by atoms with Gasteiger partial charge >= 0.3 is 0 Å². The van der Waals surface area contributed by atoms with Crippen LogP contribution in [0.15, 0.2) is 12.1 Å². The van der Waals surface area contributed by atoms with Crippen LogP contribution in [0.5, 0.6) is 11.5 Å². The van der Waals surface area contributed by atoms with Crippen LogP contribution in [-0.2, 0) is 7.05 Å². The number of hydrogen-bond donors (Lipinski definition) is 2. The second-order valence-electron chi connectivity index (χ2n) is 3.22. The minimum Gasteiger partial charge on any atom is -0.503 e. The first kappa shape index (κ1) is 10.2. The van der Waals surface area contributed by atoms with Gasteiger partial charge in [0, 0.05) is 5.56 Å². The molecule has 2 aromatic rings. The zero-order valence-corrected chi connectivity index (χ0v) is 8.88. The molecule has 0 saturated carbocycles. The molecule has 84 valence electrons. The van der Waals surface area contributed by atoms with E-state index in [-0.39, 0.29) is 17.2 Å². The van der Waals surface area contributed by atoms with E-state index < -0.39 is 0 Å². The van der Waals surface area contributed by atoms with Crippen LogP contribution in [0.3, 0.4) is 0 Å². The fourth-order valence-electron chi connectivity index (χ4n) is 1.31. The molecule has 0 radical (unpaired) electrons. The van der Waals surface area contributed by atoms with Crippen molar-refractivity contribution in [2.24, 2.45) is 7.05 Å². The number of nitrogen functional groups attached to an aromatic ring is 1. The number of benzene rings is 1. The number of anilines is 1. The molecule has 1 heterocycles. The van der Waals surface area contributed by atoms with Crippen molar-refractivity contribution in [2.45, 2.75) is 0 Å². The van der Waals surface area contributed by atoms with E-state index in [0.717, 1.165) is 0 Å². The molecule has 0 unspecified atom stereocenters. The van der Waals surface area contributed by atoms with Crippen LogP contribution in [0, 0.1) is 0 Å². The first-order valence-electron chi connectivity index (χ1n) is 4.52. The summed E-state index contributed by atoms with van der Waals surface area (Å²) in [4.78, 5) is 1.34. The Bertz CT molecular complexity index is 523. The standard InChI is InChI=1S/C9H11N5O2/c1-14-12-9(11-13-14)5-3-6(10)8(15)7(4-5)16-2/h3-4,15H,10H2,1-2H3. The van der Waals surface area contributed by atoms with Crippen LogP contribution in [-0.4, -0.2) is 32.4 Å². The van der Waals surface area contributed by atoms with Gasteiger partial charge in [-0.15, -0.1) is 10.2 Å². The number of tetrazole rings is 1. The molecule has 0 aliphatic rings. The monoisotopic (exact) mass is 221 g/mol. The number of nitrogens with zero attached hydrogens (tertiary/aromatic N) is 4. The maximum Gasteiger partial charge on any atom is 0.205 e. The molecule has 0 atom stereocenters. The summed E-state index contributed by atoms with van der Waals surface area (Å²) < 4.78 is 4.98. The lowest BCUT2D eigenvalue weighted by Gasteiger charge is -2.07. The van der Waals surface area contributed by atoms with Crippen molar-refractivity contribution in [1.29, 1.82) is 0 Å². The topological polar surface area (TPSA) is 99.1 Å². The second kappa shape index (κ2) is 3.69. The minimum absolute atomic E-state index is 0.0878. The summed E-state index contributed by atoms with van der Waals surface area (Å²) in [6.45, 7) is 0. The van der Waals surface area contributed by atoms with E-state index >= 15 is 0 Å². The Kier molecular flexibility index (Phi) is 2.35. The maximum absolute atomic E-state index is 9.56. The zero-order valence-electron chi connectivity index (χ0n) is 8.88. The molecule has 1 aromatic heterocycles. The summed E-state index contributed by atoms with van der Waals surface area (Å²) in [5.41, 5.74) is 6.48. The van der Waals surface area contributed by atoms with Gasteiger partial charge in [0.2, 0.25) is 5.82 Å². The lowest BCUT2D eigenvalue weighted by atomic mass is 10.1. The van der Waals surface area contributed by atoms with Crippen molar-refractivity contribution in [3.63, 3.8) is 0 Å². The number of phenols is 1. The van der Waals surface area contributed by atoms with E-state index in [1.54, 1.807) is 19.2 Å². The van der Waals surface area contributed by atoms with E-state index in [0.29, 0.717) is 11.4 Å². The van der Waals surface area contributed by atoms with Gasteiger partial charge in [-0.3, -0.25) is 0 Å². The molecule has 3 N–H and O–H groups in total. The summed E-state index contributed by atoms with van der Waals surface area (Å²) in [5.74, 6) is 0.616. The minimum atomic E-state index is -0.0878. The van der Waals surface area contributed by atoms with Crippen LogP contribution in [0.1, 0.15) is 0 Å². The first-order valence-corrected chi connectivity index (χ1v) is 4.52. The normalized spacial score (nSPS) is 10.4. The van der Waals surface area contributed by atoms with E-state index in [9.17, 15) is 5.11 Å². The molecule has 7 heteroatoms. The molecule has 0 amide bonds. The Balaban J connectivity index is 2.54. The molecule has 16 heavy (non-hydrogen) atoms. The van der Waals surface area contributed by atoms with Gasteiger partial charge in [0.05, 0.1) is 19.8 Å². The Labute approximate surface area is 91.4 Å². The molecular formula is C9H11N5O2. The highest BCUT2D eigenvalue weighted by atomic mass is 16.5. The van der Waals surface area contributed by atoms with Crippen LogP contribution in [0.25, 0.3) is 11.4 Å². The molecule has 2 rings (SSSR count). The van der Waals surface area contributed by atoms with Crippen LogP contribution >= 0.6 is 0 Å². The van der Waals surface area contributed by atoms with Crippen molar-refractivity contribution >= 4 is 5.69 Å². The molecule has 0 aliphatic carbocycles. The lowest BCUT2D eigenvalue weighted by Crippen LogP contribution is -1.94. The number of phenolic OH excluding ortho intramolecular Hbond substituents is 1. The van der Waals surface area contributed by atoms with Gasteiger partial charge in [-0.1, -0.05) is 0 Å². The van der Waals surface area contributed by atoms with Crippen molar-refractivity contribution in [3.05, 3.63) is 12.1 Å². The van der Waals surface area contributed by atoms with Crippen LogP contribution in [0.2, 0.25) is 0 Å². The average Bonchev–Trinajstić information content (AvgIpc) is 2.69. The average molecular weight is 221 g/mol. The summed E-state index contributed by atoms with van der Waals surface area (Å²) >= 11 is 0. The maximum atomic E-state index is 9.56. The van der Waals surface area contributed by atoms with Gasteiger partial charge in [0.25, 0.3) is 0 Å². The number of aryl methyl sites for hydroxylation is 1. The predicted molar refractivity (Wildman–Crippen MR) is 56.9 cm³/mol. The van der Waals surface area contributed by atoms with Gasteiger partial charge in [-0.25, -0.2) is 0 Å². The number of nitrogens with two attached hydrogens (primary N) is 1. The second-order valence-corrected chi connectivity index (χ2v) is 3.22. The predicted octanol–water partition coefficient (Wildman–Crippen LogP) is 0.173. The Morgan fingerprint density at radius 3 is 2.75 bits per heavy atom. The molecule has 0 fully saturated rings. The third-order valence-electron chi connectivity index (χ3n) is 2.09. The van der Waals surface area contributed by atoms with E-state index in [4.69, 9.17) is 10.5 Å². The van der Waals surface area contributed by atoms with Crippen molar-refractivity contribution in [3.8, 4) is 22.9 Å². The van der Waals surface area contributed by atoms with E-state index in [1.807, 2.05) is 0 Å². The summed E-state index contributed by atoms with van der Waals surface area (Å²) in [6, 6.07) is 3.16. The highest BCUT2D eigenvalue weighted by Crippen LogP contribution is 2.35. The third kappa shape index (κ3) is 1.62. The fraction of sp³-hybridized carbons (Fsp3) is 0.222. The Morgan fingerprint density at radius 1 is 1.44 bits per heavy atom. The molecule has 0 spiro atoms. The number of methoxy groups -OCH3 is 1. The smallest absolute Gasteiger partial charge is 0.205 e. The number of aromatic nitrogens is 4. The molecule has 0 saturated heterocycles. The van der Waals surface area contributed by atoms with Gasteiger partial charge in [0.15, 0.2) is 11.5 Å². The number of aromatic hydroxyl groups is 1. The lowest BCUT2D eigenvalue weighted by molar-refractivity contribution is 0.375. The number of hydrogen-bond acceptors (Lipinski definition) is 6. The van der Waals surface area contributed by atoms with Crippen molar-refractivity contribution < 1.29 is 9.84 Å². The summed E-state index contributed by atoms with van der Waals surface area (Å²) in [7, 11) is 3.11. The highest BCUT2D eigenvalue weighted by Gasteiger charge is 2.12. The summed E-state index contributed by atoms with van der Waals surface area (Å²) in [5, 5.41) is 21.1. The third-order valence-corrected chi connectivity index (χ3v) is 2.09. The van der Waals surface area contributed by atoms with Crippen LogP contribution < -0.4 is 10.5 Å². The Hall–Kier alpha value is -2.31. The van der Waals surface area contributed by atoms with Gasteiger partial charge < -0.3 is 15.6 Å².